The van der Waals surface area contributed by atoms with E-state index in [1.165, 1.54) is 13.2 Å². The Kier molecular flexibility index (Phi) is 9.56. The standard InChI is InChI=1S/C17H18BrF2N3O3.HI/c1-24-12-4-6-15(25-2)13(8-12)23-17(21)22-9-10-7-11(18)3-5-14(10)26-16(19)20;/h3-8,16H,9H2,1-2H3,(H3,21,22,23);1H. The highest BCUT2D eigenvalue weighted by Gasteiger charge is 2.11. The molecule has 0 atom stereocenters. The fourth-order valence-electron chi connectivity index (χ4n) is 2.14. The minimum Gasteiger partial charge on any atom is -0.497 e. The van der Waals surface area contributed by atoms with Crippen molar-refractivity contribution in [3.05, 3.63) is 46.4 Å². The summed E-state index contributed by atoms with van der Waals surface area (Å²) in [5.41, 5.74) is 6.92. The first-order valence-electron chi connectivity index (χ1n) is 7.45. The highest BCUT2D eigenvalue weighted by atomic mass is 127. The van der Waals surface area contributed by atoms with Gasteiger partial charge < -0.3 is 25.3 Å². The van der Waals surface area contributed by atoms with Gasteiger partial charge in [0.15, 0.2) is 5.96 Å². The van der Waals surface area contributed by atoms with Crippen LogP contribution >= 0.6 is 39.9 Å². The van der Waals surface area contributed by atoms with E-state index in [9.17, 15) is 8.78 Å². The van der Waals surface area contributed by atoms with Crippen molar-refractivity contribution in [2.75, 3.05) is 19.5 Å². The number of aliphatic imine (C=N–C) groups is 1. The van der Waals surface area contributed by atoms with E-state index in [1.54, 1.807) is 37.4 Å². The smallest absolute Gasteiger partial charge is 0.387 e. The lowest BCUT2D eigenvalue weighted by atomic mass is 10.2. The van der Waals surface area contributed by atoms with Gasteiger partial charge in [0, 0.05) is 16.1 Å². The van der Waals surface area contributed by atoms with E-state index in [1.807, 2.05) is 0 Å². The maximum absolute atomic E-state index is 12.5. The van der Waals surface area contributed by atoms with Crippen molar-refractivity contribution in [1.29, 1.82) is 0 Å². The molecule has 0 amide bonds. The van der Waals surface area contributed by atoms with Gasteiger partial charge >= 0.3 is 6.61 Å². The van der Waals surface area contributed by atoms with E-state index < -0.39 is 6.61 Å². The predicted octanol–water partition coefficient (Wildman–Crippen LogP) is 4.61. The molecule has 0 aliphatic carbocycles. The molecule has 3 N–H and O–H groups in total. The number of anilines is 1. The van der Waals surface area contributed by atoms with Crippen LogP contribution in [0.2, 0.25) is 0 Å². The van der Waals surface area contributed by atoms with Gasteiger partial charge in [-0.05, 0) is 30.3 Å². The molecule has 2 aromatic carbocycles. The average molecular weight is 558 g/mol. The second kappa shape index (κ2) is 11.1. The molecule has 0 unspecified atom stereocenters. The van der Waals surface area contributed by atoms with E-state index in [-0.39, 0.29) is 42.2 Å². The zero-order valence-electron chi connectivity index (χ0n) is 14.5. The largest absolute Gasteiger partial charge is 0.497 e. The lowest BCUT2D eigenvalue weighted by Crippen LogP contribution is -2.23. The Morgan fingerprint density at radius 1 is 1.15 bits per heavy atom. The van der Waals surface area contributed by atoms with Crippen molar-refractivity contribution < 1.29 is 23.0 Å². The molecular formula is C17H19BrF2IN3O3. The molecule has 27 heavy (non-hydrogen) atoms. The van der Waals surface area contributed by atoms with E-state index in [0.717, 1.165) is 0 Å². The quantitative estimate of drug-likeness (QED) is 0.295. The molecule has 0 bridgehead atoms. The Morgan fingerprint density at radius 2 is 1.85 bits per heavy atom. The molecule has 0 fully saturated rings. The summed E-state index contributed by atoms with van der Waals surface area (Å²) in [5.74, 6) is 1.28. The molecule has 148 valence electrons. The number of hydrogen-bond donors (Lipinski definition) is 2. The number of methoxy groups -OCH3 is 2. The number of alkyl halides is 2. The Bertz CT molecular complexity index is 794. The number of guanidine groups is 1. The minimum absolute atomic E-state index is 0. The van der Waals surface area contributed by atoms with Crippen molar-refractivity contribution in [3.63, 3.8) is 0 Å². The molecular weight excluding hydrogens is 539 g/mol. The Labute approximate surface area is 181 Å². The van der Waals surface area contributed by atoms with Gasteiger partial charge in [-0.15, -0.1) is 24.0 Å². The number of nitrogens with two attached hydrogens (primary N) is 1. The summed E-state index contributed by atoms with van der Waals surface area (Å²) < 4.78 is 40.6. The van der Waals surface area contributed by atoms with E-state index in [0.29, 0.717) is 27.2 Å². The Hall–Kier alpha value is -1.82. The summed E-state index contributed by atoms with van der Waals surface area (Å²) in [6, 6.07) is 9.85. The third-order valence-electron chi connectivity index (χ3n) is 3.33. The van der Waals surface area contributed by atoms with Crippen molar-refractivity contribution in [1.82, 2.24) is 0 Å². The zero-order chi connectivity index (χ0) is 19.1. The average Bonchev–Trinajstić information content (AvgIpc) is 2.61. The fourth-order valence-corrected chi connectivity index (χ4v) is 2.55. The van der Waals surface area contributed by atoms with Gasteiger partial charge in [0.05, 0.1) is 26.5 Å². The zero-order valence-corrected chi connectivity index (χ0v) is 18.5. The summed E-state index contributed by atoms with van der Waals surface area (Å²) in [6.07, 6.45) is 0. The summed E-state index contributed by atoms with van der Waals surface area (Å²) in [6.45, 7) is -2.87. The van der Waals surface area contributed by atoms with Crippen molar-refractivity contribution in [2.24, 2.45) is 10.7 Å². The molecule has 10 heteroatoms. The molecule has 0 saturated carbocycles. The van der Waals surface area contributed by atoms with Crippen LogP contribution in [0.3, 0.4) is 0 Å². The maximum atomic E-state index is 12.5. The lowest BCUT2D eigenvalue weighted by molar-refractivity contribution is -0.0504. The second-order valence-corrected chi connectivity index (χ2v) is 5.94. The number of nitrogens with one attached hydrogen (secondary N) is 1. The number of rotatable bonds is 7. The monoisotopic (exact) mass is 557 g/mol. The van der Waals surface area contributed by atoms with Crippen LogP contribution in [0.1, 0.15) is 5.56 Å². The minimum atomic E-state index is -2.92. The van der Waals surface area contributed by atoms with Gasteiger partial charge in [-0.1, -0.05) is 15.9 Å². The van der Waals surface area contributed by atoms with Crippen LogP contribution in [0, 0.1) is 0 Å². The van der Waals surface area contributed by atoms with E-state index in [4.69, 9.17) is 15.2 Å². The molecule has 0 heterocycles. The summed E-state index contributed by atoms with van der Waals surface area (Å²) in [5, 5.41) is 2.90. The molecule has 0 aliphatic rings. The molecule has 0 saturated heterocycles. The Balaban J connectivity index is 0.00000364. The molecule has 2 rings (SSSR count). The molecule has 0 radical (unpaired) electrons. The fraction of sp³-hybridized carbons (Fsp3) is 0.235. The third-order valence-corrected chi connectivity index (χ3v) is 3.82. The molecule has 0 aliphatic heterocycles. The number of benzene rings is 2. The van der Waals surface area contributed by atoms with Crippen molar-refractivity contribution >= 4 is 51.6 Å². The first kappa shape index (κ1) is 23.2. The van der Waals surface area contributed by atoms with Crippen LogP contribution < -0.4 is 25.3 Å². The highest BCUT2D eigenvalue weighted by Crippen LogP contribution is 2.29. The van der Waals surface area contributed by atoms with Gasteiger partial charge in [-0.3, -0.25) is 0 Å². The SMILES string of the molecule is COc1ccc(OC)c(NC(N)=NCc2cc(Br)ccc2OC(F)F)c1.I. The first-order valence-corrected chi connectivity index (χ1v) is 8.24. The van der Waals surface area contributed by atoms with Crippen molar-refractivity contribution in [2.45, 2.75) is 13.2 Å². The summed E-state index contributed by atoms with van der Waals surface area (Å²) in [7, 11) is 3.07. The van der Waals surface area contributed by atoms with Crippen LogP contribution in [-0.2, 0) is 6.54 Å². The van der Waals surface area contributed by atoms with Crippen LogP contribution in [0.25, 0.3) is 0 Å². The van der Waals surface area contributed by atoms with Gasteiger partial charge in [0.1, 0.15) is 17.2 Å². The van der Waals surface area contributed by atoms with Gasteiger partial charge in [-0.25, -0.2) is 4.99 Å². The molecule has 2 aromatic rings. The van der Waals surface area contributed by atoms with Crippen LogP contribution in [0.4, 0.5) is 14.5 Å². The van der Waals surface area contributed by atoms with Crippen LogP contribution in [-0.4, -0.2) is 26.8 Å². The van der Waals surface area contributed by atoms with Crippen LogP contribution in [0.15, 0.2) is 45.9 Å². The number of hydrogen-bond acceptors (Lipinski definition) is 4. The molecule has 0 spiro atoms. The third kappa shape index (κ3) is 7.01. The molecule has 6 nitrogen and oxygen atoms in total. The first-order chi connectivity index (χ1) is 12.4. The summed E-state index contributed by atoms with van der Waals surface area (Å²) in [4.78, 5) is 4.17. The van der Waals surface area contributed by atoms with Gasteiger partial charge in [-0.2, -0.15) is 8.78 Å². The number of ether oxygens (including phenoxy) is 3. The Morgan fingerprint density at radius 3 is 2.48 bits per heavy atom. The van der Waals surface area contributed by atoms with Gasteiger partial charge in [0.25, 0.3) is 0 Å². The van der Waals surface area contributed by atoms with Gasteiger partial charge in [0.2, 0.25) is 0 Å². The topological polar surface area (TPSA) is 78.1 Å². The normalized spacial score (nSPS) is 11.0. The van der Waals surface area contributed by atoms with Crippen molar-refractivity contribution in [3.8, 4) is 17.2 Å². The predicted molar refractivity (Wildman–Crippen MR) is 115 cm³/mol. The second-order valence-electron chi connectivity index (χ2n) is 5.02. The maximum Gasteiger partial charge on any atom is 0.387 e. The number of nitrogens with zero attached hydrogens (tertiary/aromatic N) is 1. The summed E-state index contributed by atoms with van der Waals surface area (Å²) >= 11 is 3.29. The van der Waals surface area contributed by atoms with E-state index >= 15 is 0 Å². The van der Waals surface area contributed by atoms with E-state index in [2.05, 4.69) is 31.0 Å². The lowest BCUT2D eigenvalue weighted by Gasteiger charge is -2.13. The number of halogens is 4. The highest BCUT2D eigenvalue weighted by molar-refractivity contribution is 14.0. The van der Waals surface area contributed by atoms with Crippen LogP contribution in [0.5, 0.6) is 17.2 Å². The molecule has 0 aromatic heterocycles.